The van der Waals surface area contributed by atoms with Crippen LogP contribution >= 0.6 is 11.8 Å². The molecule has 0 spiro atoms. The second-order valence-corrected chi connectivity index (χ2v) is 20.7. The van der Waals surface area contributed by atoms with Crippen molar-refractivity contribution in [2.45, 2.75) is 142 Å². The zero-order valence-corrected chi connectivity index (χ0v) is 45.7. The molecule has 0 heterocycles. The van der Waals surface area contributed by atoms with E-state index in [1.54, 1.807) is 35.5 Å². The molecule has 0 rings (SSSR count). The number of hydrogen-bond donors (Lipinski definition) is 1. The number of aliphatic carboxylic acids is 1. The van der Waals surface area contributed by atoms with Crippen LogP contribution in [0.3, 0.4) is 0 Å². The first-order chi connectivity index (χ1) is 28.3. The van der Waals surface area contributed by atoms with Crippen molar-refractivity contribution in [1.29, 1.82) is 0 Å². The molecule has 0 bridgehead atoms. The molecule has 0 aliphatic heterocycles. The van der Waals surface area contributed by atoms with Gasteiger partial charge in [-0.3, -0.25) is 4.79 Å². The Balaban J connectivity index is -0.000000129. The Morgan fingerprint density at radius 2 is 0.778 bits per heavy atom. The Morgan fingerprint density at radius 3 is 1.00 bits per heavy atom. The topological polar surface area (TPSA) is 153 Å². The first-order valence-corrected chi connectivity index (χ1v) is 22.7. The molecule has 19 heteroatoms. The van der Waals surface area contributed by atoms with Crippen molar-refractivity contribution in [1.82, 2.24) is 0 Å². The average Bonchev–Trinajstić information content (AvgIpc) is 3.16. The maximum absolute atomic E-state index is 11.8. The molecule has 0 aliphatic carbocycles. The molecule has 0 aromatic carbocycles. The van der Waals surface area contributed by atoms with Gasteiger partial charge in [-0.15, -0.1) is 11.8 Å². The minimum absolute atomic E-state index is 0. The van der Waals surface area contributed by atoms with E-state index in [1.165, 1.54) is 11.8 Å². The summed E-state index contributed by atoms with van der Waals surface area (Å²) in [5.74, 6) is -0.0941. The number of hydrogen-bond acceptors (Lipinski definition) is 10. The Labute approximate surface area is 401 Å². The normalized spacial score (nSPS) is 11.0. The van der Waals surface area contributed by atoms with Crippen LogP contribution in [0.25, 0.3) is 29.1 Å². The largest absolute Gasteiger partial charge is 0.481 e. The molecular formula is C44H80N6O10ReS2. The van der Waals surface area contributed by atoms with Crippen LogP contribution in [-0.2, 0) is 63.5 Å². The summed E-state index contributed by atoms with van der Waals surface area (Å²) in [6.07, 6.45) is 1.83. The zero-order chi connectivity index (χ0) is 50.2. The average molecular weight is 1100 g/mol. The molecule has 1 radical (unpaired) electrons. The fourth-order valence-electron chi connectivity index (χ4n) is 2.86. The summed E-state index contributed by atoms with van der Waals surface area (Å²) in [5, 5.41) is 8.54. The maximum atomic E-state index is 11.8. The summed E-state index contributed by atoms with van der Waals surface area (Å²) in [5.41, 5.74) is -1.85. The molecule has 1 N–H and O–H groups in total. The fraction of sp³-hybridized carbons (Fsp3) is 0.841. The third-order valence-electron chi connectivity index (χ3n) is 7.81. The van der Waals surface area contributed by atoms with Gasteiger partial charge in [-0.2, -0.15) is 0 Å². The molecule has 0 aliphatic rings. The van der Waals surface area contributed by atoms with Crippen LogP contribution in [0.5, 0.6) is 0 Å². The van der Waals surface area contributed by atoms with Gasteiger partial charge in [0.05, 0.1) is 10.8 Å². The number of sulfone groups is 1. The molecule has 63 heavy (non-hydrogen) atoms. The van der Waals surface area contributed by atoms with Crippen LogP contribution < -0.4 is 0 Å². The van der Waals surface area contributed by atoms with Gasteiger partial charge in [-0.05, 0) is 108 Å². The molecule has 0 saturated carbocycles. The van der Waals surface area contributed by atoms with E-state index < -0.39 is 21.4 Å². The van der Waals surface area contributed by atoms with E-state index in [-0.39, 0.29) is 72.2 Å². The molecule has 16 nitrogen and oxygen atoms in total. The van der Waals surface area contributed by atoms with Crippen molar-refractivity contribution in [3.63, 3.8) is 0 Å². The van der Waals surface area contributed by atoms with Gasteiger partial charge < -0.3 is 62.6 Å². The Bertz CT molecular complexity index is 1370. The second kappa shape index (κ2) is 41.8. The second-order valence-electron chi connectivity index (χ2n) is 17.0. The van der Waals surface area contributed by atoms with E-state index in [1.807, 2.05) is 83.1 Å². The van der Waals surface area contributed by atoms with Gasteiger partial charge >= 0.3 is 5.97 Å². The van der Waals surface area contributed by atoms with Crippen LogP contribution in [0.2, 0.25) is 0 Å². The minimum Gasteiger partial charge on any atom is -0.481 e. The van der Waals surface area contributed by atoms with E-state index >= 15 is 0 Å². The first kappa shape index (κ1) is 74.5. The predicted molar refractivity (Wildman–Crippen MR) is 252 cm³/mol. The molecule has 0 atom stereocenters. The van der Waals surface area contributed by atoms with Gasteiger partial charge in [0.15, 0.2) is 9.84 Å². The van der Waals surface area contributed by atoms with Gasteiger partial charge in [0, 0.05) is 69.0 Å². The number of unbranched alkanes of at least 4 members (excludes halogenated alkanes) is 1. The summed E-state index contributed by atoms with van der Waals surface area (Å²) in [4.78, 5) is 29.6. The van der Waals surface area contributed by atoms with Crippen LogP contribution in [0, 0.1) is 39.4 Å². The van der Waals surface area contributed by atoms with E-state index in [2.05, 4.69) is 29.1 Å². The number of carboxylic acid groups (broad SMARTS) is 1. The van der Waals surface area contributed by atoms with Crippen LogP contribution in [0.15, 0.2) is 0 Å². The first-order valence-electron chi connectivity index (χ1n) is 19.7. The summed E-state index contributed by atoms with van der Waals surface area (Å²) < 4.78 is 53.9. The molecular weight excluding hydrogens is 1020 g/mol. The van der Waals surface area contributed by atoms with E-state index in [0.29, 0.717) is 64.3 Å². The smallest absolute Gasteiger partial charge is 0.303 e. The quantitative estimate of drug-likeness (QED) is 0.0771. The summed E-state index contributed by atoms with van der Waals surface area (Å²) >= 11 is 1.32. The molecule has 0 unspecified atom stereocenters. The number of thioether (sulfide) groups is 1. The monoisotopic (exact) mass is 1100 g/mol. The Morgan fingerprint density at radius 1 is 0.508 bits per heavy atom. The molecule has 0 aromatic rings. The molecule has 0 aromatic heterocycles. The van der Waals surface area contributed by atoms with Crippen molar-refractivity contribution in [3.05, 3.63) is 68.5 Å². The SMILES string of the molecule is [C-]#[N+]CC(C)(C)OC.[C-]#[N+]CC(C)(C)OC.[C-]#[N+]CC(C)(C)OC.[C-]#[N+]CC(C)(C)OC.[C-]#[N+]CC(C)(C)OC.[C-]#[N+]CC(C)(C)OCCCS(=O)(=O)CSCCCCC(=O)O.[Re]. The summed E-state index contributed by atoms with van der Waals surface area (Å²) in [7, 11) is 4.97. The number of ether oxygens (including phenoxy) is 6. The van der Waals surface area contributed by atoms with Crippen molar-refractivity contribution in [2.75, 3.05) is 98.0 Å². The molecule has 0 amide bonds. The number of nitrogens with zero attached hydrogens (tertiary/aromatic N) is 6. The van der Waals surface area contributed by atoms with Crippen molar-refractivity contribution in [2.24, 2.45) is 0 Å². The number of carboxylic acids is 1. The zero-order valence-electron chi connectivity index (χ0n) is 41.4. The van der Waals surface area contributed by atoms with E-state index in [4.69, 9.17) is 73.0 Å². The number of carbonyl (C=O) groups is 1. The third kappa shape index (κ3) is 63.5. The van der Waals surface area contributed by atoms with Gasteiger partial charge in [-0.25, -0.2) is 47.9 Å². The number of methoxy groups -OCH3 is 5. The van der Waals surface area contributed by atoms with Crippen molar-refractivity contribution >= 4 is 27.6 Å². The number of rotatable bonds is 23. The van der Waals surface area contributed by atoms with Crippen molar-refractivity contribution < 1.29 is 67.2 Å². The summed E-state index contributed by atoms with van der Waals surface area (Å²) in [6.45, 7) is 64.6. The van der Waals surface area contributed by atoms with Crippen LogP contribution in [-0.4, -0.2) is 151 Å². The van der Waals surface area contributed by atoms with Gasteiger partial charge in [0.1, 0.15) is 33.6 Å². The van der Waals surface area contributed by atoms with Crippen LogP contribution in [0.4, 0.5) is 0 Å². The maximum Gasteiger partial charge on any atom is 0.303 e. The van der Waals surface area contributed by atoms with Gasteiger partial charge in [0.2, 0.25) is 39.3 Å². The predicted octanol–water partition coefficient (Wildman–Crippen LogP) is 9.10. The molecule has 0 fully saturated rings. The van der Waals surface area contributed by atoms with Crippen LogP contribution in [0.1, 0.15) is 109 Å². The van der Waals surface area contributed by atoms with Gasteiger partial charge in [0.25, 0.3) is 0 Å². The fourth-order valence-corrected chi connectivity index (χ4v) is 5.79. The van der Waals surface area contributed by atoms with Gasteiger partial charge in [-0.1, -0.05) is 0 Å². The third-order valence-corrected chi connectivity index (χ3v) is 11.4. The van der Waals surface area contributed by atoms with E-state index in [0.717, 1.165) is 0 Å². The minimum atomic E-state index is -3.11. The Kier molecular flexibility index (Phi) is 49.4. The standard InChI is InChI=1S/C14H25NO5S2.5C6H11NO.Re/c1-14(2,11-15-3)20-8-6-10-22(18,19)12-21-9-5-4-7-13(16)17;5*1-6(2,8-4)5-7-3;/h4-12H2,1-2H3,(H,16,17);5*5H2,1-2,4H3;. The Hall–Kier alpha value is -2.87. The van der Waals surface area contributed by atoms with E-state index in [9.17, 15) is 13.2 Å². The molecule has 0 saturated heterocycles. The van der Waals surface area contributed by atoms with Crippen molar-refractivity contribution in [3.8, 4) is 0 Å². The molecule has 365 valence electrons. The summed E-state index contributed by atoms with van der Waals surface area (Å²) in [6, 6.07) is 0.